The molecule has 0 aliphatic heterocycles. The van der Waals surface area contributed by atoms with Gasteiger partial charge in [-0.25, -0.2) is 0 Å². The molecule has 1 N–H and O–H groups in total. The Kier molecular flexibility index (Phi) is 13.5. The fourth-order valence-corrected chi connectivity index (χ4v) is 4.08. The predicted molar refractivity (Wildman–Crippen MR) is 131 cm³/mol. The Morgan fingerprint density at radius 3 is 1.93 bits per heavy atom. The van der Waals surface area contributed by atoms with Crippen molar-refractivity contribution in [3.8, 4) is 0 Å². The maximum Gasteiger partial charge on any atom is 0.244 e. The fourth-order valence-electron chi connectivity index (χ4n) is 4.08. The normalized spacial score (nSPS) is 15.1. The van der Waals surface area contributed by atoms with E-state index in [1.54, 1.807) is 6.08 Å². The number of benzene rings is 1. The molecule has 0 saturated carbocycles. The van der Waals surface area contributed by atoms with Crippen LogP contribution in [0.1, 0.15) is 111 Å². The maximum atomic E-state index is 12.3. The number of nitrogens with one attached hydrogen (secondary N) is 1. The molecule has 2 nitrogen and oxygen atoms in total. The monoisotopic (exact) mass is 413 g/mol. The van der Waals surface area contributed by atoms with Crippen LogP contribution >= 0.6 is 0 Å². The summed E-state index contributed by atoms with van der Waals surface area (Å²) < 4.78 is 0. The van der Waals surface area contributed by atoms with Crippen molar-refractivity contribution in [2.45, 2.75) is 105 Å². The van der Waals surface area contributed by atoms with Crippen molar-refractivity contribution in [3.05, 3.63) is 47.5 Å². The lowest BCUT2D eigenvalue weighted by Gasteiger charge is -2.15. The van der Waals surface area contributed by atoms with Crippen molar-refractivity contribution in [1.82, 2.24) is 5.32 Å². The molecule has 0 spiro atoms. The minimum atomic E-state index is 0.0170. The van der Waals surface area contributed by atoms with E-state index in [1.807, 2.05) is 25.1 Å². The van der Waals surface area contributed by atoms with Gasteiger partial charge in [0.1, 0.15) is 0 Å². The zero-order valence-electron chi connectivity index (χ0n) is 20.5. The van der Waals surface area contributed by atoms with Crippen molar-refractivity contribution in [2.75, 3.05) is 0 Å². The third-order valence-electron chi connectivity index (χ3n) is 6.18. The van der Waals surface area contributed by atoms with Crippen LogP contribution in [0.4, 0.5) is 0 Å². The molecule has 0 fully saturated rings. The minimum absolute atomic E-state index is 0.0170. The highest BCUT2D eigenvalue weighted by Crippen LogP contribution is 2.22. The molecular weight excluding hydrogens is 366 g/mol. The predicted octanol–water partition coefficient (Wildman–Crippen LogP) is 8.25. The van der Waals surface area contributed by atoms with Crippen LogP contribution in [-0.2, 0) is 4.79 Å². The lowest BCUT2D eigenvalue weighted by atomic mass is 9.91. The maximum absolute atomic E-state index is 12.3. The van der Waals surface area contributed by atoms with Crippen LogP contribution < -0.4 is 5.32 Å². The van der Waals surface area contributed by atoms with E-state index < -0.39 is 0 Å². The van der Waals surface area contributed by atoms with Crippen LogP contribution in [-0.4, -0.2) is 5.91 Å². The van der Waals surface area contributed by atoms with E-state index in [0.717, 1.165) is 29.7 Å². The second-order valence-corrected chi connectivity index (χ2v) is 9.99. The smallest absolute Gasteiger partial charge is 0.244 e. The molecule has 0 saturated heterocycles. The Morgan fingerprint density at radius 2 is 1.37 bits per heavy atom. The number of hydrogen-bond donors (Lipinski definition) is 1. The van der Waals surface area contributed by atoms with Crippen molar-refractivity contribution in [3.63, 3.8) is 0 Å². The molecule has 170 valence electrons. The quantitative estimate of drug-likeness (QED) is 0.288. The van der Waals surface area contributed by atoms with Gasteiger partial charge in [0.2, 0.25) is 5.91 Å². The summed E-state index contributed by atoms with van der Waals surface area (Å²) in [7, 11) is 0. The highest BCUT2D eigenvalue weighted by atomic mass is 16.1. The van der Waals surface area contributed by atoms with Gasteiger partial charge in [-0.3, -0.25) is 4.79 Å². The van der Waals surface area contributed by atoms with Crippen molar-refractivity contribution < 1.29 is 4.79 Å². The highest BCUT2D eigenvalue weighted by Gasteiger charge is 2.09. The van der Waals surface area contributed by atoms with Gasteiger partial charge in [-0.2, -0.15) is 0 Å². The topological polar surface area (TPSA) is 29.1 Å². The number of amides is 1. The van der Waals surface area contributed by atoms with Gasteiger partial charge in [0, 0.05) is 6.08 Å². The third-order valence-corrected chi connectivity index (χ3v) is 6.18. The van der Waals surface area contributed by atoms with Crippen LogP contribution in [0.2, 0.25) is 0 Å². The Bertz CT molecular complexity index is 604. The second-order valence-electron chi connectivity index (χ2n) is 9.99. The molecule has 0 radical (unpaired) electrons. The molecule has 30 heavy (non-hydrogen) atoms. The van der Waals surface area contributed by atoms with E-state index in [9.17, 15) is 4.79 Å². The van der Waals surface area contributed by atoms with E-state index >= 15 is 0 Å². The van der Waals surface area contributed by atoms with Gasteiger partial charge in [-0.15, -0.1) is 0 Å². The summed E-state index contributed by atoms with van der Waals surface area (Å²) in [6.07, 6.45) is 13.5. The van der Waals surface area contributed by atoms with Crippen molar-refractivity contribution in [2.24, 2.45) is 17.8 Å². The molecule has 0 aliphatic carbocycles. The zero-order valence-corrected chi connectivity index (χ0v) is 20.5. The van der Waals surface area contributed by atoms with Gasteiger partial charge >= 0.3 is 0 Å². The van der Waals surface area contributed by atoms with E-state index in [2.05, 4.69) is 52.1 Å². The van der Waals surface area contributed by atoms with Crippen LogP contribution in [0.15, 0.2) is 42.0 Å². The molecule has 2 heteroatoms. The summed E-state index contributed by atoms with van der Waals surface area (Å²) in [5.41, 5.74) is 2.32. The largest absolute Gasteiger partial charge is 0.346 e. The van der Waals surface area contributed by atoms with E-state index in [-0.39, 0.29) is 11.9 Å². The molecule has 1 rings (SSSR count). The molecule has 0 bridgehead atoms. The Morgan fingerprint density at radius 1 is 0.833 bits per heavy atom. The first-order valence-corrected chi connectivity index (χ1v) is 12.3. The Hall–Kier alpha value is -1.57. The molecule has 0 aliphatic rings. The SMILES string of the molecule is CC(=CC(=O)NC(C)c1ccccc1)CCCC(C)CCCC(C)CCCC(C)C. The standard InChI is InChI=1S/C28H47NO/c1-22(2)13-10-14-23(3)15-11-16-24(4)17-12-18-25(5)21-28(30)29-26(6)27-19-8-7-9-20-27/h7-9,19-24,26H,10-18H2,1-6H3,(H,29,30). The Balaban J connectivity index is 2.17. The minimum Gasteiger partial charge on any atom is -0.346 e. The number of carbonyl (C=O) groups excluding carboxylic acids is 1. The lowest BCUT2D eigenvalue weighted by molar-refractivity contribution is -0.117. The van der Waals surface area contributed by atoms with Gasteiger partial charge in [-0.1, -0.05) is 109 Å². The lowest BCUT2D eigenvalue weighted by Crippen LogP contribution is -2.24. The van der Waals surface area contributed by atoms with Crippen LogP contribution in [0.3, 0.4) is 0 Å². The molecule has 3 atom stereocenters. The van der Waals surface area contributed by atoms with E-state index in [4.69, 9.17) is 0 Å². The third kappa shape index (κ3) is 12.9. The number of rotatable bonds is 15. The van der Waals surface area contributed by atoms with Crippen molar-refractivity contribution in [1.29, 1.82) is 0 Å². The van der Waals surface area contributed by atoms with Gasteiger partial charge in [0.15, 0.2) is 0 Å². The summed E-state index contributed by atoms with van der Waals surface area (Å²) in [4.78, 5) is 12.3. The van der Waals surface area contributed by atoms with Gasteiger partial charge < -0.3 is 5.32 Å². The van der Waals surface area contributed by atoms with Crippen LogP contribution in [0, 0.1) is 17.8 Å². The first-order valence-electron chi connectivity index (χ1n) is 12.3. The fraction of sp³-hybridized carbons (Fsp3) is 0.679. The first-order chi connectivity index (χ1) is 14.3. The molecule has 0 aromatic heterocycles. The van der Waals surface area contributed by atoms with Gasteiger partial charge in [0.25, 0.3) is 0 Å². The molecular formula is C28H47NO. The van der Waals surface area contributed by atoms with Gasteiger partial charge in [-0.05, 0) is 50.0 Å². The summed E-state index contributed by atoms with van der Waals surface area (Å²) in [6, 6.07) is 10.2. The number of carbonyl (C=O) groups is 1. The summed E-state index contributed by atoms with van der Waals surface area (Å²) in [5, 5.41) is 3.07. The van der Waals surface area contributed by atoms with Gasteiger partial charge in [0.05, 0.1) is 6.04 Å². The van der Waals surface area contributed by atoms with Crippen LogP contribution in [0.25, 0.3) is 0 Å². The van der Waals surface area contributed by atoms with E-state index in [0.29, 0.717) is 0 Å². The van der Waals surface area contributed by atoms with Crippen LogP contribution in [0.5, 0.6) is 0 Å². The van der Waals surface area contributed by atoms with E-state index in [1.165, 1.54) is 56.9 Å². The molecule has 0 heterocycles. The number of hydrogen-bond acceptors (Lipinski definition) is 1. The molecule has 1 aromatic carbocycles. The average molecular weight is 414 g/mol. The zero-order chi connectivity index (χ0) is 22.4. The summed E-state index contributed by atoms with van der Waals surface area (Å²) in [5.74, 6) is 2.52. The average Bonchev–Trinajstić information content (AvgIpc) is 2.68. The van der Waals surface area contributed by atoms with Crippen molar-refractivity contribution >= 4 is 5.91 Å². The molecule has 3 unspecified atom stereocenters. The summed E-state index contributed by atoms with van der Waals surface area (Å²) >= 11 is 0. The second kappa shape index (κ2) is 15.3. The number of allylic oxidation sites excluding steroid dienone is 1. The highest BCUT2D eigenvalue weighted by molar-refractivity contribution is 5.88. The Labute approximate surface area is 186 Å². The molecule has 1 aromatic rings. The first kappa shape index (κ1) is 26.5. The summed E-state index contributed by atoms with van der Waals surface area (Å²) in [6.45, 7) is 13.6. The molecule has 1 amide bonds.